The van der Waals surface area contributed by atoms with Crippen LogP contribution < -0.4 is 11.0 Å². The SMILES string of the molecule is [B]c1ccc[nH]c1=O. The highest BCUT2D eigenvalue weighted by Gasteiger charge is 1.83. The van der Waals surface area contributed by atoms with Gasteiger partial charge in [0.05, 0.1) is 0 Å². The molecule has 1 N–H and O–H groups in total. The third kappa shape index (κ3) is 0.806. The van der Waals surface area contributed by atoms with Crippen molar-refractivity contribution >= 4 is 13.3 Å². The standard InChI is InChI=1S/C5H4BNO/c6-4-2-1-3-7-5(4)8/h1-3H,(H,7,8). The molecular weight excluding hydrogens is 101 g/mol. The first kappa shape index (κ1) is 5.16. The van der Waals surface area contributed by atoms with Crippen LogP contribution in [0.5, 0.6) is 0 Å². The summed E-state index contributed by atoms with van der Waals surface area (Å²) in [5.41, 5.74) is 0.0278. The van der Waals surface area contributed by atoms with E-state index in [4.69, 9.17) is 7.85 Å². The van der Waals surface area contributed by atoms with Crippen LogP contribution in [-0.4, -0.2) is 12.8 Å². The van der Waals surface area contributed by atoms with Crippen molar-refractivity contribution in [2.45, 2.75) is 0 Å². The molecule has 0 amide bonds. The summed E-state index contributed by atoms with van der Waals surface area (Å²) in [5, 5.41) is 0. The smallest absolute Gasteiger partial charge is 0.240 e. The molecule has 0 aromatic carbocycles. The second-order valence-corrected chi connectivity index (χ2v) is 1.45. The van der Waals surface area contributed by atoms with Gasteiger partial charge in [0, 0.05) is 6.20 Å². The van der Waals surface area contributed by atoms with Gasteiger partial charge < -0.3 is 4.98 Å². The number of nitrogens with one attached hydrogen (secondary N) is 1. The molecule has 0 unspecified atom stereocenters. The lowest BCUT2D eigenvalue weighted by Crippen LogP contribution is -2.25. The number of rotatable bonds is 0. The van der Waals surface area contributed by atoms with Crippen molar-refractivity contribution < 1.29 is 0 Å². The maximum atomic E-state index is 10.4. The number of H-pyrrole nitrogens is 1. The van der Waals surface area contributed by atoms with Crippen LogP contribution in [0, 0.1) is 0 Å². The molecule has 0 atom stereocenters. The summed E-state index contributed by atoms with van der Waals surface area (Å²) >= 11 is 0. The molecule has 38 valence electrons. The molecule has 0 aliphatic carbocycles. The number of aromatic nitrogens is 1. The summed E-state index contributed by atoms with van der Waals surface area (Å²) in [7, 11) is 5.18. The van der Waals surface area contributed by atoms with Gasteiger partial charge in [-0.3, -0.25) is 4.79 Å². The minimum Gasteiger partial charge on any atom is -0.330 e. The lowest BCUT2D eigenvalue weighted by Gasteiger charge is -1.84. The summed E-state index contributed by atoms with van der Waals surface area (Å²) in [6, 6.07) is 3.23. The van der Waals surface area contributed by atoms with Crippen LogP contribution in [0.1, 0.15) is 0 Å². The topological polar surface area (TPSA) is 32.9 Å². The highest BCUT2D eigenvalue weighted by atomic mass is 16.1. The first-order valence-corrected chi connectivity index (χ1v) is 2.24. The van der Waals surface area contributed by atoms with Crippen molar-refractivity contribution in [3.63, 3.8) is 0 Å². The predicted molar refractivity (Wildman–Crippen MR) is 32.5 cm³/mol. The fourth-order valence-electron chi connectivity index (χ4n) is 0.435. The molecule has 0 fully saturated rings. The average molecular weight is 105 g/mol. The molecule has 2 radical (unpaired) electrons. The van der Waals surface area contributed by atoms with Gasteiger partial charge in [-0.25, -0.2) is 0 Å². The van der Waals surface area contributed by atoms with Crippen LogP contribution in [0.15, 0.2) is 23.1 Å². The molecule has 0 saturated heterocycles. The molecule has 1 rings (SSSR count). The summed E-state index contributed by atoms with van der Waals surface area (Å²) in [5.74, 6) is 0. The van der Waals surface area contributed by atoms with Crippen LogP contribution in [-0.2, 0) is 0 Å². The summed E-state index contributed by atoms with van der Waals surface area (Å²) in [6.45, 7) is 0. The van der Waals surface area contributed by atoms with Crippen molar-refractivity contribution in [1.29, 1.82) is 0 Å². The van der Waals surface area contributed by atoms with Crippen LogP contribution in [0.2, 0.25) is 0 Å². The summed E-state index contributed by atoms with van der Waals surface area (Å²) in [4.78, 5) is 12.9. The van der Waals surface area contributed by atoms with Gasteiger partial charge in [0.1, 0.15) is 7.85 Å². The van der Waals surface area contributed by atoms with Gasteiger partial charge in [-0.2, -0.15) is 0 Å². The van der Waals surface area contributed by atoms with E-state index in [2.05, 4.69) is 4.98 Å². The second-order valence-electron chi connectivity index (χ2n) is 1.45. The van der Waals surface area contributed by atoms with Crippen LogP contribution in [0.4, 0.5) is 0 Å². The van der Waals surface area contributed by atoms with E-state index in [1.807, 2.05) is 0 Å². The molecule has 3 heteroatoms. The highest BCUT2D eigenvalue weighted by molar-refractivity contribution is 6.31. The van der Waals surface area contributed by atoms with Crippen molar-refractivity contribution in [3.8, 4) is 0 Å². The maximum Gasteiger partial charge on any atom is 0.240 e. The van der Waals surface area contributed by atoms with Crippen molar-refractivity contribution in [2.75, 3.05) is 0 Å². The molecular formula is C5H4BNO. The Balaban J connectivity index is 3.35. The van der Waals surface area contributed by atoms with Gasteiger partial charge in [-0.1, -0.05) is 6.07 Å². The average Bonchev–Trinajstić information content (AvgIpc) is 1.77. The van der Waals surface area contributed by atoms with Gasteiger partial charge in [0.2, 0.25) is 5.56 Å². The molecule has 1 aromatic heterocycles. The molecule has 0 bridgehead atoms. The lowest BCUT2D eigenvalue weighted by atomic mass is 9.99. The van der Waals surface area contributed by atoms with E-state index < -0.39 is 0 Å². The van der Waals surface area contributed by atoms with E-state index in [0.717, 1.165) is 0 Å². The fraction of sp³-hybridized carbons (Fsp3) is 0. The molecule has 0 saturated carbocycles. The molecule has 2 nitrogen and oxygen atoms in total. The number of pyridine rings is 1. The zero-order valence-electron chi connectivity index (χ0n) is 4.22. The number of aromatic amines is 1. The lowest BCUT2D eigenvalue weighted by molar-refractivity contribution is 1.26. The highest BCUT2D eigenvalue weighted by Crippen LogP contribution is 1.64. The molecule has 8 heavy (non-hydrogen) atoms. The molecule has 0 aliphatic rings. The Hall–Kier alpha value is -0.985. The third-order valence-electron chi connectivity index (χ3n) is 0.849. The fourth-order valence-corrected chi connectivity index (χ4v) is 0.435. The van der Waals surface area contributed by atoms with E-state index >= 15 is 0 Å². The minimum absolute atomic E-state index is 0.229. The van der Waals surface area contributed by atoms with Crippen LogP contribution in [0.3, 0.4) is 0 Å². The Morgan fingerprint density at radius 2 is 2.38 bits per heavy atom. The van der Waals surface area contributed by atoms with E-state index in [0.29, 0.717) is 0 Å². The Morgan fingerprint density at radius 1 is 1.62 bits per heavy atom. The van der Waals surface area contributed by atoms with Gasteiger partial charge in [0.25, 0.3) is 0 Å². The quantitative estimate of drug-likeness (QED) is 0.429. The Bertz CT molecular complexity index is 230. The van der Waals surface area contributed by atoms with Crippen LogP contribution >= 0.6 is 0 Å². The van der Waals surface area contributed by atoms with Gasteiger partial charge in [-0.15, -0.1) is 0 Å². The first-order chi connectivity index (χ1) is 3.80. The molecule has 0 aliphatic heterocycles. The van der Waals surface area contributed by atoms with Gasteiger partial charge in [0.15, 0.2) is 0 Å². The monoisotopic (exact) mass is 105 g/mol. The van der Waals surface area contributed by atoms with Crippen molar-refractivity contribution in [3.05, 3.63) is 28.7 Å². The van der Waals surface area contributed by atoms with Gasteiger partial charge >= 0.3 is 0 Å². The maximum absolute atomic E-state index is 10.4. The Labute approximate surface area is 48.0 Å². The van der Waals surface area contributed by atoms with E-state index in [9.17, 15) is 4.79 Å². The zero-order chi connectivity index (χ0) is 5.98. The van der Waals surface area contributed by atoms with Gasteiger partial charge in [-0.05, 0) is 11.5 Å². The van der Waals surface area contributed by atoms with Crippen molar-refractivity contribution in [2.24, 2.45) is 0 Å². The number of hydrogen-bond acceptors (Lipinski definition) is 1. The predicted octanol–water partition coefficient (Wildman–Crippen LogP) is -0.831. The largest absolute Gasteiger partial charge is 0.330 e. The Morgan fingerprint density at radius 3 is 2.75 bits per heavy atom. The second kappa shape index (κ2) is 1.86. The molecule has 1 aromatic rings. The normalized spacial score (nSPS) is 9.00. The minimum atomic E-state index is -0.229. The van der Waals surface area contributed by atoms with E-state index in [-0.39, 0.29) is 11.0 Å². The molecule has 0 spiro atoms. The van der Waals surface area contributed by atoms with E-state index in [1.165, 1.54) is 0 Å². The Kier molecular flexibility index (Phi) is 1.20. The zero-order valence-corrected chi connectivity index (χ0v) is 4.22. The van der Waals surface area contributed by atoms with Crippen LogP contribution in [0.25, 0.3) is 0 Å². The third-order valence-corrected chi connectivity index (χ3v) is 0.849. The summed E-state index contributed by atoms with van der Waals surface area (Å²) < 4.78 is 0. The molecule has 1 heterocycles. The summed E-state index contributed by atoms with van der Waals surface area (Å²) in [6.07, 6.45) is 1.54. The van der Waals surface area contributed by atoms with Crippen molar-refractivity contribution in [1.82, 2.24) is 4.98 Å². The first-order valence-electron chi connectivity index (χ1n) is 2.24. The van der Waals surface area contributed by atoms with E-state index in [1.54, 1.807) is 18.3 Å². The number of hydrogen-bond donors (Lipinski definition) is 1.